The fraction of sp³-hybridized carbons (Fsp3) is 0. The molecule has 0 aliphatic rings. The minimum absolute atomic E-state index is 0.220. The largest absolute Gasteiger partial charge is 0.478 e. The number of hydrogen-bond acceptors (Lipinski definition) is 4. The number of hydrogen-bond donors (Lipinski definition) is 2. The van der Waals surface area contributed by atoms with Crippen molar-refractivity contribution in [3.63, 3.8) is 0 Å². The van der Waals surface area contributed by atoms with Gasteiger partial charge in [0.2, 0.25) is 0 Å². The number of carbonyl (C=O) groups is 1. The summed E-state index contributed by atoms with van der Waals surface area (Å²) in [4.78, 5) is 21.9. The van der Waals surface area contributed by atoms with Crippen LogP contribution in [-0.4, -0.2) is 21.3 Å². The second-order valence-corrected chi connectivity index (χ2v) is 1.63. The Bertz CT molecular complexity index is 249. The molecular weight excluding hydrogens is 164 g/mol. The zero-order valence-electron chi connectivity index (χ0n) is 5.91. The van der Waals surface area contributed by atoms with Crippen LogP contribution in [0.5, 0.6) is 0 Å². The van der Waals surface area contributed by atoms with E-state index in [1.807, 2.05) is 0 Å². The standard InChI is InChI=1S/C6H5NO2.HNO2/c8-6(9)5-2-1-3-7-4-5;2-1-3/h1-4H,(H,8,9);(H,2,3). The van der Waals surface area contributed by atoms with E-state index in [-0.39, 0.29) is 5.56 Å². The van der Waals surface area contributed by atoms with Crippen LogP contribution in [0.4, 0.5) is 0 Å². The molecule has 1 rings (SSSR count). The quantitative estimate of drug-likeness (QED) is 0.482. The van der Waals surface area contributed by atoms with Gasteiger partial charge in [-0.3, -0.25) is 4.98 Å². The lowest BCUT2D eigenvalue weighted by Crippen LogP contribution is -1.94. The number of rotatable bonds is 1. The van der Waals surface area contributed by atoms with Gasteiger partial charge < -0.3 is 10.3 Å². The van der Waals surface area contributed by atoms with E-state index >= 15 is 0 Å². The normalized spacial score (nSPS) is 7.67. The molecular formula is C6H6N2O4. The molecule has 0 bridgehead atoms. The summed E-state index contributed by atoms with van der Waals surface area (Å²) in [5.74, 6) is -0.942. The number of aromatic carboxylic acids is 1. The number of carboxylic acid groups (broad SMARTS) is 1. The summed E-state index contributed by atoms with van der Waals surface area (Å²) in [6.45, 7) is 0. The van der Waals surface area contributed by atoms with Crippen LogP contribution in [0, 0.1) is 4.91 Å². The molecule has 0 spiro atoms. The topological polar surface area (TPSA) is 99.8 Å². The first-order valence-electron chi connectivity index (χ1n) is 2.82. The highest BCUT2D eigenvalue weighted by atomic mass is 16.6. The van der Waals surface area contributed by atoms with E-state index in [4.69, 9.17) is 15.2 Å². The molecule has 1 aromatic heterocycles. The van der Waals surface area contributed by atoms with Crippen LogP contribution in [0.1, 0.15) is 10.4 Å². The van der Waals surface area contributed by atoms with Gasteiger partial charge in [-0.25, -0.2) is 4.79 Å². The third kappa shape index (κ3) is 3.94. The van der Waals surface area contributed by atoms with Crippen molar-refractivity contribution in [3.8, 4) is 0 Å². The van der Waals surface area contributed by atoms with Crippen molar-refractivity contribution in [1.82, 2.24) is 4.98 Å². The van der Waals surface area contributed by atoms with E-state index in [1.165, 1.54) is 23.8 Å². The summed E-state index contributed by atoms with van der Waals surface area (Å²) < 4.78 is 0. The van der Waals surface area contributed by atoms with Gasteiger partial charge in [-0.05, 0) is 12.1 Å². The number of pyridine rings is 1. The van der Waals surface area contributed by atoms with Crippen LogP contribution in [0.25, 0.3) is 0 Å². The molecule has 0 aromatic carbocycles. The maximum absolute atomic E-state index is 10.2. The predicted molar refractivity (Wildman–Crippen MR) is 38.8 cm³/mol. The lowest BCUT2D eigenvalue weighted by Gasteiger charge is -1.87. The van der Waals surface area contributed by atoms with Crippen molar-refractivity contribution in [2.75, 3.05) is 0 Å². The lowest BCUT2D eigenvalue weighted by atomic mass is 10.3. The summed E-state index contributed by atoms with van der Waals surface area (Å²) in [5.41, 5.74) is 0.220. The third-order valence-corrected chi connectivity index (χ3v) is 0.908. The van der Waals surface area contributed by atoms with Gasteiger partial charge in [0.15, 0.2) is 5.34 Å². The minimum atomic E-state index is -0.942. The molecule has 64 valence electrons. The Kier molecular flexibility index (Phi) is 4.83. The Morgan fingerprint density at radius 3 is 2.42 bits per heavy atom. The van der Waals surface area contributed by atoms with Gasteiger partial charge in [-0.15, -0.1) is 4.91 Å². The van der Waals surface area contributed by atoms with E-state index in [2.05, 4.69) is 4.98 Å². The molecule has 6 nitrogen and oxygen atoms in total. The molecule has 0 unspecified atom stereocenters. The fourth-order valence-corrected chi connectivity index (χ4v) is 0.489. The highest BCUT2D eigenvalue weighted by Crippen LogP contribution is 1.92. The molecule has 6 heteroatoms. The summed E-state index contributed by atoms with van der Waals surface area (Å²) in [7, 11) is 0. The van der Waals surface area contributed by atoms with Gasteiger partial charge in [-0.2, -0.15) is 0 Å². The minimum Gasteiger partial charge on any atom is -0.478 e. The monoisotopic (exact) mass is 170 g/mol. The van der Waals surface area contributed by atoms with Crippen LogP contribution in [0.3, 0.4) is 0 Å². The number of aromatic nitrogens is 1. The zero-order valence-corrected chi connectivity index (χ0v) is 5.91. The zero-order chi connectivity index (χ0) is 9.40. The van der Waals surface area contributed by atoms with Crippen molar-refractivity contribution < 1.29 is 15.1 Å². The molecule has 0 aliphatic heterocycles. The molecule has 1 heterocycles. The molecule has 0 saturated heterocycles. The van der Waals surface area contributed by atoms with Crippen LogP contribution >= 0.6 is 0 Å². The Labute approximate surface area is 67.4 Å². The van der Waals surface area contributed by atoms with Crippen LogP contribution in [0.2, 0.25) is 0 Å². The second-order valence-electron chi connectivity index (χ2n) is 1.63. The average Bonchev–Trinajstić information content (AvgIpc) is 2.07. The van der Waals surface area contributed by atoms with Gasteiger partial charge in [0, 0.05) is 12.4 Å². The van der Waals surface area contributed by atoms with Crippen molar-refractivity contribution in [2.24, 2.45) is 5.34 Å². The summed E-state index contributed by atoms with van der Waals surface area (Å²) >= 11 is 0. The Balaban J connectivity index is 0.000000354. The first-order valence-corrected chi connectivity index (χ1v) is 2.82. The summed E-state index contributed by atoms with van der Waals surface area (Å²) in [6.07, 6.45) is 2.84. The lowest BCUT2D eigenvalue weighted by molar-refractivity contribution is 0.0696. The molecule has 12 heavy (non-hydrogen) atoms. The van der Waals surface area contributed by atoms with E-state index in [0.717, 1.165) is 0 Å². The highest BCUT2D eigenvalue weighted by molar-refractivity contribution is 5.86. The summed E-state index contributed by atoms with van der Waals surface area (Å²) in [5, 5.41) is 16.2. The molecule has 0 radical (unpaired) electrons. The number of carboxylic acids is 1. The summed E-state index contributed by atoms with van der Waals surface area (Å²) in [6, 6.07) is 3.08. The maximum Gasteiger partial charge on any atom is 0.337 e. The Hall–Kier alpha value is -1.98. The van der Waals surface area contributed by atoms with Crippen LogP contribution in [-0.2, 0) is 0 Å². The fourth-order valence-electron chi connectivity index (χ4n) is 0.489. The van der Waals surface area contributed by atoms with Crippen LogP contribution in [0.15, 0.2) is 29.9 Å². The Morgan fingerprint density at radius 2 is 2.17 bits per heavy atom. The number of nitrogens with zero attached hydrogens (tertiary/aromatic N) is 2. The molecule has 0 saturated carbocycles. The van der Waals surface area contributed by atoms with Crippen molar-refractivity contribution in [1.29, 1.82) is 0 Å². The van der Waals surface area contributed by atoms with Gasteiger partial charge in [0.25, 0.3) is 0 Å². The van der Waals surface area contributed by atoms with Gasteiger partial charge in [0.05, 0.1) is 5.56 Å². The van der Waals surface area contributed by atoms with Gasteiger partial charge in [0.1, 0.15) is 0 Å². The molecule has 2 N–H and O–H groups in total. The van der Waals surface area contributed by atoms with Crippen molar-refractivity contribution in [3.05, 3.63) is 35.0 Å². The second kappa shape index (κ2) is 5.78. The van der Waals surface area contributed by atoms with E-state index in [1.54, 1.807) is 6.07 Å². The van der Waals surface area contributed by atoms with Crippen molar-refractivity contribution >= 4 is 5.97 Å². The van der Waals surface area contributed by atoms with E-state index in [0.29, 0.717) is 0 Å². The molecule has 1 aromatic rings. The highest BCUT2D eigenvalue weighted by Gasteiger charge is 1.97. The first kappa shape index (κ1) is 10.0. The predicted octanol–water partition coefficient (Wildman–Crippen LogP) is 0.922. The van der Waals surface area contributed by atoms with Crippen molar-refractivity contribution in [2.45, 2.75) is 0 Å². The Morgan fingerprint density at radius 1 is 1.58 bits per heavy atom. The molecule has 0 fully saturated rings. The maximum atomic E-state index is 10.2. The van der Waals surface area contributed by atoms with E-state index in [9.17, 15) is 4.79 Å². The van der Waals surface area contributed by atoms with E-state index < -0.39 is 5.97 Å². The van der Waals surface area contributed by atoms with Crippen LogP contribution < -0.4 is 0 Å². The smallest absolute Gasteiger partial charge is 0.337 e. The SMILES string of the molecule is O=C(O)c1cccnc1.O=NO. The van der Waals surface area contributed by atoms with Gasteiger partial charge in [-0.1, -0.05) is 0 Å². The molecule has 0 atom stereocenters. The average molecular weight is 170 g/mol. The third-order valence-electron chi connectivity index (χ3n) is 0.908. The van der Waals surface area contributed by atoms with Gasteiger partial charge >= 0.3 is 5.97 Å². The first-order chi connectivity index (χ1) is 5.72. The molecule has 0 aliphatic carbocycles. The molecule has 0 amide bonds.